The molecule has 82 valence electrons. The molecule has 0 aliphatic rings. The minimum Gasteiger partial charge on any atom is -0.478 e. The van der Waals surface area contributed by atoms with Crippen LogP contribution in [0.4, 0.5) is 0 Å². The molecule has 0 fully saturated rings. The van der Waals surface area contributed by atoms with E-state index in [0.717, 1.165) is 0 Å². The molecular weight excluding hydrogens is 208 g/mol. The van der Waals surface area contributed by atoms with Crippen LogP contribution in [0, 0.1) is 0 Å². The number of pyridine rings is 1. The zero-order valence-corrected chi connectivity index (χ0v) is 8.45. The van der Waals surface area contributed by atoms with E-state index in [1.807, 2.05) is 6.08 Å². The molecule has 0 amide bonds. The first-order chi connectivity index (χ1) is 7.74. The first-order valence-electron chi connectivity index (χ1n) is 4.61. The summed E-state index contributed by atoms with van der Waals surface area (Å²) in [5.41, 5.74) is 8.86. The molecule has 0 spiro atoms. The molecule has 1 aromatic rings. The zero-order valence-electron chi connectivity index (χ0n) is 8.45. The fraction of sp³-hybridized carbons (Fsp3) is 0.200. The standard InChI is InChI=1S/C10H10N4O2/c11-14-13-6-2-1-3-9-5-4-8(7-12-9)10(15)16/h1,3-5,7H,2,6H2,(H,15,16). The predicted molar refractivity (Wildman–Crippen MR) is 58.9 cm³/mol. The number of nitrogens with zero attached hydrogens (tertiary/aromatic N) is 4. The Bertz CT molecular complexity index is 433. The fourth-order valence-corrected chi connectivity index (χ4v) is 1.01. The molecule has 0 saturated carbocycles. The van der Waals surface area contributed by atoms with Crippen LogP contribution in [0.25, 0.3) is 16.5 Å². The van der Waals surface area contributed by atoms with E-state index in [9.17, 15) is 4.79 Å². The molecule has 1 aromatic heterocycles. The van der Waals surface area contributed by atoms with Crippen molar-refractivity contribution in [3.63, 3.8) is 0 Å². The number of carboxylic acid groups (broad SMARTS) is 1. The average molecular weight is 218 g/mol. The number of hydrogen-bond acceptors (Lipinski definition) is 3. The molecule has 16 heavy (non-hydrogen) atoms. The van der Waals surface area contributed by atoms with E-state index in [1.165, 1.54) is 12.3 Å². The summed E-state index contributed by atoms with van der Waals surface area (Å²) in [6.07, 6.45) is 5.50. The highest BCUT2D eigenvalue weighted by atomic mass is 16.4. The second kappa shape index (κ2) is 6.21. The van der Waals surface area contributed by atoms with Crippen LogP contribution in [0.15, 0.2) is 29.5 Å². The molecule has 0 unspecified atom stereocenters. The van der Waals surface area contributed by atoms with Gasteiger partial charge in [-0.2, -0.15) is 0 Å². The molecule has 0 atom stereocenters. The van der Waals surface area contributed by atoms with Gasteiger partial charge in [-0.05, 0) is 30.2 Å². The van der Waals surface area contributed by atoms with Crippen LogP contribution >= 0.6 is 0 Å². The third kappa shape index (κ3) is 3.81. The summed E-state index contributed by atoms with van der Waals surface area (Å²) >= 11 is 0. The summed E-state index contributed by atoms with van der Waals surface area (Å²) in [6, 6.07) is 3.11. The van der Waals surface area contributed by atoms with Crippen molar-refractivity contribution in [1.29, 1.82) is 0 Å². The maximum atomic E-state index is 10.5. The summed E-state index contributed by atoms with van der Waals surface area (Å²) in [4.78, 5) is 17.1. The second-order valence-corrected chi connectivity index (χ2v) is 2.92. The lowest BCUT2D eigenvalue weighted by atomic mass is 10.2. The number of azide groups is 1. The molecule has 0 radical (unpaired) electrons. The highest BCUT2D eigenvalue weighted by Crippen LogP contribution is 2.02. The average Bonchev–Trinajstić information content (AvgIpc) is 2.29. The normalized spacial score (nSPS) is 10.0. The van der Waals surface area contributed by atoms with Crippen LogP contribution < -0.4 is 0 Å². The molecule has 1 heterocycles. The lowest BCUT2D eigenvalue weighted by molar-refractivity contribution is 0.0696. The van der Waals surface area contributed by atoms with E-state index in [4.69, 9.17) is 10.6 Å². The first kappa shape index (κ1) is 11.7. The summed E-state index contributed by atoms with van der Waals surface area (Å²) in [5, 5.41) is 12.0. The lowest BCUT2D eigenvalue weighted by Gasteiger charge is -1.94. The molecule has 0 aromatic carbocycles. The van der Waals surface area contributed by atoms with Crippen LogP contribution in [0.2, 0.25) is 0 Å². The van der Waals surface area contributed by atoms with Gasteiger partial charge in [0.05, 0.1) is 11.3 Å². The van der Waals surface area contributed by atoms with Crippen molar-refractivity contribution in [2.24, 2.45) is 5.11 Å². The molecule has 0 aliphatic carbocycles. The van der Waals surface area contributed by atoms with E-state index in [2.05, 4.69) is 15.0 Å². The smallest absolute Gasteiger partial charge is 0.337 e. The van der Waals surface area contributed by atoms with Gasteiger partial charge in [0, 0.05) is 17.7 Å². The Balaban J connectivity index is 2.54. The van der Waals surface area contributed by atoms with Crippen LogP contribution in [0.3, 0.4) is 0 Å². The van der Waals surface area contributed by atoms with Gasteiger partial charge in [-0.15, -0.1) is 0 Å². The Morgan fingerprint density at radius 3 is 3.00 bits per heavy atom. The molecule has 0 aliphatic heterocycles. The Hall–Kier alpha value is -2.33. The van der Waals surface area contributed by atoms with E-state index >= 15 is 0 Å². The van der Waals surface area contributed by atoms with E-state index in [-0.39, 0.29) is 5.56 Å². The van der Waals surface area contributed by atoms with Crippen molar-refractivity contribution in [2.45, 2.75) is 6.42 Å². The predicted octanol–water partition coefficient (Wildman–Crippen LogP) is 2.49. The monoisotopic (exact) mass is 218 g/mol. The number of rotatable bonds is 5. The van der Waals surface area contributed by atoms with Crippen molar-refractivity contribution < 1.29 is 9.90 Å². The number of aromatic carboxylic acids is 1. The second-order valence-electron chi connectivity index (χ2n) is 2.92. The number of hydrogen-bond donors (Lipinski definition) is 1. The summed E-state index contributed by atoms with van der Waals surface area (Å²) < 4.78 is 0. The van der Waals surface area contributed by atoms with Crippen LogP contribution in [-0.2, 0) is 0 Å². The van der Waals surface area contributed by atoms with E-state index < -0.39 is 5.97 Å². The first-order valence-corrected chi connectivity index (χ1v) is 4.61. The highest BCUT2D eigenvalue weighted by molar-refractivity contribution is 5.87. The van der Waals surface area contributed by atoms with Gasteiger partial charge in [-0.1, -0.05) is 11.2 Å². The summed E-state index contributed by atoms with van der Waals surface area (Å²) in [7, 11) is 0. The minimum absolute atomic E-state index is 0.159. The number of carbonyl (C=O) groups is 1. The maximum absolute atomic E-state index is 10.5. The molecule has 6 heteroatoms. The molecule has 6 nitrogen and oxygen atoms in total. The topological polar surface area (TPSA) is 99.0 Å². The minimum atomic E-state index is -0.994. The zero-order chi connectivity index (χ0) is 11.8. The Morgan fingerprint density at radius 2 is 2.44 bits per heavy atom. The molecule has 1 N–H and O–H groups in total. The summed E-state index contributed by atoms with van der Waals surface area (Å²) in [5.74, 6) is -0.994. The number of carboxylic acids is 1. The van der Waals surface area contributed by atoms with Gasteiger partial charge in [0.1, 0.15) is 0 Å². The molecule has 1 rings (SSSR count). The lowest BCUT2D eigenvalue weighted by Crippen LogP contribution is -1.96. The molecular formula is C10H10N4O2. The van der Waals surface area contributed by atoms with Gasteiger partial charge in [-0.3, -0.25) is 4.98 Å². The molecule has 0 saturated heterocycles. The third-order valence-corrected chi connectivity index (χ3v) is 1.78. The van der Waals surface area contributed by atoms with Gasteiger partial charge >= 0.3 is 5.97 Å². The number of aromatic nitrogens is 1. The van der Waals surface area contributed by atoms with Gasteiger partial charge in [0.2, 0.25) is 0 Å². The van der Waals surface area contributed by atoms with Gasteiger partial charge in [0.15, 0.2) is 0 Å². The van der Waals surface area contributed by atoms with Crippen molar-refractivity contribution in [2.75, 3.05) is 6.54 Å². The third-order valence-electron chi connectivity index (χ3n) is 1.78. The molecule has 0 bridgehead atoms. The largest absolute Gasteiger partial charge is 0.478 e. The van der Waals surface area contributed by atoms with Crippen molar-refractivity contribution >= 4 is 12.0 Å². The van der Waals surface area contributed by atoms with Gasteiger partial charge in [-0.25, -0.2) is 4.79 Å². The Morgan fingerprint density at radius 1 is 1.62 bits per heavy atom. The quantitative estimate of drug-likeness (QED) is 0.355. The van der Waals surface area contributed by atoms with Crippen LogP contribution in [0.5, 0.6) is 0 Å². The summed E-state index contributed by atoms with van der Waals surface area (Å²) in [6.45, 7) is 0.403. The van der Waals surface area contributed by atoms with Gasteiger partial charge < -0.3 is 5.11 Å². The van der Waals surface area contributed by atoms with Crippen molar-refractivity contribution in [1.82, 2.24) is 4.98 Å². The Labute approximate surface area is 91.9 Å². The van der Waals surface area contributed by atoms with Crippen LogP contribution in [-0.4, -0.2) is 22.6 Å². The van der Waals surface area contributed by atoms with Crippen molar-refractivity contribution in [3.05, 3.63) is 46.1 Å². The van der Waals surface area contributed by atoms with E-state index in [0.29, 0.717) is 18.7 Å². The van der Waals surface area contributed by atoms with Gasteiger partial charge in [0.25, 0.3) is 0 Å². The maximum Gasteiger partial charge on any atom is 0.337 e. The van der Waals surface area contributed by atoms with Crippen molar-refractivity contribution in [3.8, 4) is 0 Å². The SMILES string of the molecule is [N-]=[N+]=NCCC=Cc1ccc(C(=O)O)cn1. The van der Waals surface area contributed by atoms with Crippen LogP contribution in [0.1, 0.15) is 22.5 Å². The fourth-order valence-electron chi connectivity index (χ4n) is 1.01. The highest BCUT2D eigenvalue weighted by Gasteiger charge is 2.00. The Kier molecular flexibility index (Phi) is 4.56. The van der Waals surface area contributed by atoms with E-state index in [1.54, 1.807) is 12.1 Å².